The highest BCUT2D eigenvalue weighted by Gasteiger charge is 2.13. The number of nitrogens with zero attached hydrogens (tertiary/aromatic N) is 4. The minimum atomic E-state index is 0.869. The van der Waals surface area contributed by atoms with Crippen LogP contribution in [0.15, 0.2) is 22.8 Å². The van der Waals surface area contributed by atoms with Gasteiger partial charge in [-0.3, -0.25) is 4.90 Å². The van der Waals surface area contributed by atoms with Gasteiger partial charge in [0.1, 0.15) is 4.60 Å². The minimum Gasteiger partial charge on any atom is -0.296 e. The molecule has 0 saturated carbocycles. The highest BCUT2D eigenvalue weighted by Crippen LogP contribution is 2.14. The number of likely N-dealkylation sites (tertiary alicyclic amines) is 1. The molecule has 0 spiro atoms. The SMILES string of the molecule is Brc1cccc2nc(CN3CCCCC3)nn12. The monoisotopic (exact) mass is 294 g/mol. The van der Waals surface area contributed by atoms with Crippen molar-refractivity contribution in [3.8, 4) is 0 Å². The topological polar surface area (TPSA) is 33.4 Å². The summed E-state index contributed by atoms with van der Waals surface area (Å²) in [6.45, 7) is 3.22. The van der Waals surface area contributed by atoms with Crippen LogP contribution < -0.4 is 0 Å². The van der Waals surface area contributed by atoms with Crippen LogP contribution in [-0.4, -0.2) is 32.6 Å². The number of fused-ring (bicyclic) bond motifs is 1. The van der Waals surface area contributed by atoms with Gasteiger partial charge in [0, 0.05) is 0 Å². The third-order valence-electron chi connectivity index (χ3n) is 3.17. The predicted molar refractivity (Wildman–Crippen MR) is 69.8 cm³/mol. The van der Waals surface area contributed by atoms with Gasteiger partial charge in [-0.2, -0.15) is 0 Å². The second kappa shape index (κ2) is 4.74. The van der Waals surface area contributed by atoms with Gasteiger partial charge < -0.3 is 0 Å². The number of piperidine rings is 1. The van der Waals surface area contributed by atoms with Gasteiger partial charge >= 0.3 is 0 Å². The average Bonchev–Trinajstić information content (AvgIpc) is 2.74. The van der Waals surface area contributed by atoms with E-state index in [0.29, 0.717) is 0 Å². The molecule has 90 valence electrons. The van der Waals surface area contributed by atoms with Crippen LogP contribution in [0, 0.1) is 0 Å². The Kier molecular flexibility index (Phi) is 3.11. The van der Waals surface area contributed by atoms with E-state index in [9.17, 15) is 0 Å². The molecular weight excluding hydrogens is 280 g/mol. The second-order valence-electron chi connectivity index (χ2n) is 4.48. The zero-order chi connectivity index (χ0) is 11.7. The standard InChI is InChI=1S/C12H15BrN4/c13-10-5-4-6-12-14-11(15-17(10)12)9-16-7-2-1-3-8-16/h4-6H,1-3,7-9H2. The van der Waals surface area contributed by atoms with Crippen LogP contribution in [-0.2, 0) is 6.54 Å². The largest absolute Gasteiger partial charge is 0.296 e. The summed E-state index contributed by atoms with van der Waals surface area (Å²) >= 11 is 3.48. The third kappa shape index (κ3) is 2.35. The number of halogens is 1. The molecule has 4 nitrogen and oxygen atoms in total. The van der Waals surface area contributed by atoms with Gasteiger partial charge in [-0.05, 0) is 54.0 Å². The summed E-state index contributed by atoms with van der Waals surface area (Å²) in [5.41, 5.74) is 0.909. The van der Waals surface area contributed by atoms with Crippen molar-refractivity contribution in [1.29, 1.82) is 0 Å². The first kappa shape index (κ1) is 11.2. The summed E-state index contributed by atoms with van der Waals surface area (Å²) in [6, 6.07) is 5.95. The Morgan fingerprint density at radius 3 is 2.76 bits per heavy atom. The molecule has 0 unspecified atom stereocenters. The van der Waals surface area contributed by atoms with Crippen molar-refractivity contribution in [2.45, 2.75) is 25.8 Å². The highest BCUT2D eigenvalue weighted by atomic mass is 79.9. The van der Waals surface area contributed by atoms with E-state index >= 15 is 0 Å². The van der Waals surface area contributed by atoms with Crippen molar-refractivity contribution in [1.82, 2.24) is 19.5 Å². The fourth-order valence-corrected chi connectivity index (χ4v) is 2.72. The Morgan fingerprint density at radius 1 is 1.18 bits per heavy atom. The van der Waals surface area contributed by atoms with E-state index in [0.717, 1.165) is 22.6 Å². The molecule has 0 N–H and O–H groups in total. The zero-order valence-corrected chi connectivity index (χ0v) is 11.2. The Morgan fingerprint density at radius 2 is 2.00 bits per heavy atom. The summed E-state index contributed by atoms with van der Waals surface area (Å²) in [5.74, 6) is 0.916. The number of hydrogen-bond donors (Lipinski definition) is 0. The van der Waals surface area contributed by atoms with Crippen LogP contribution in [0.3, 0.4) is 0 Å². The lowest BCUT2D eigenvalue weighted by Gasteiger charge is -2.24. The molecular formula is C12H15BrN4. The fourth-order valence-electron chi connectivity index (χ4n) is 2.30. The van der Waals surface area contributed by atoms with Crippen LogP contribution >= 0.6 is 15.9 Å². The lowest BCUT2D eigenvalue weighted by atomic mass is 10.1. The van der Waals surface area contributed by atoms with Gasteiger partial charge in [0.15, 0.2) is 11.5 Å². The summed E-state index contributed by atoms with van der Waals surface area (Å²) in [4.78, 5) is 6.98. The van der Waals surface area contributed by atoms with E-state index in [1.165, 1.54) is 32.4 Å². The molecule has 1 fully saturated rings. The molecule has 2 aromatic rings. The van der Waals surface area contributed by atoms with Crippen LogP contribution in [0.4, 0.5) is 0 Å². The highest BCUT2D eigenvalue weighted by molar-refractivity contribution is 9.10. The number of aromatic nitrogens is 3. The van der Waals surface area contributed by atoms with Gasteiger partial charge in [-0.25, -0.2) is 9.50 Å². The zero-order valence-electron chi connectivity index (χ0n) is 9.64. The van der Waals surface area contributed by atoms with Crippen molar-refractivity contribution < 1.29 is 0 Å². The van der Waals surface area contributed by atoms with Gasteiger partial charge in [-0.1, -0.05) is 12.5 Å². The first-order chi connectivity index (χ1) is 8.33. The Bertz CT molecular complexity index is 516. The average molecular weight is 295 g/mol. The number of hydrogen-bond acceptors (Lipinski definition) is 3. The van der Waals surface area contributed by atoms with Crippen LogP contribution in [0.25, 0.3) is 5.65 Å². The molecule has 0 aliphatic carbocycles. The smallest absolute Gasteiger partial charge is 0.165 e. The van der Waals surface area contributed by atoms with Gasteiger partial charge in [0.2, 0.25) is 0 Å². The Labute approximate surface area is 109 Å². The molecule has 3 rings (SSSR count). The maximum atomic E-state index is 4.55. The minimum absolute atomic E-state index is 0.869. The predicted octanol–water partition coefficient (Wildman–Crippen LogP) is 2.48. The maximum absolute atomic E-state index is 4.55. The first-order valence-electron chi connectivity index (χ1n) is 6.05. The summed E-state index contributed by atoms with van der Waals surface area (Å²) in [5, 5.41) is 4.52. The lowest BCUT2D eigenvalue weighted by Crippen LogP contribution is -2.29. The van der Waals surface area contributed by atoms with E-state index in [1.54, 1.807) is 0 Å². The van der Waals surface area contributed by atoms with Crippen molar-refractivity contribution in [3.05, 3.63) is 28.6 Å². The van der Waals surface area contributed by atoms with E-state index in [4.69, 9.17) is 0 Å². The maximum Gasteiger partial charge on any atom is 0.165 e. The molecule has 0 radical (unpaired) electrons. The molecule has 5 heteroatoms. The quantitative estimate of drug-likeness (QED) is 0.798. The normalized spacial score (nSPS) is 17.7. The summed E-state index contributed by atoms with van der Waals surface area (Å²) < 4.78 is 2.80. The molecule has 1 aliphatic rings. The molecule has 1 aliphatic heterocycles. The van der Waals surface area contributed by atoms with Gasteiger partial charge in [0.05, 0.1) is 6.54 Å². The van der Waals surface area contributed by atoms with Crippen molar-refractivity contribution in [2.75, 3.05) is 13.1 Å². The molecule has 1 saturated heterocycles. The first-order valence-corrected chi connectivity index (χ1v) is 6.85. The molecule has 17 heavy (non-hydrogen) atoms. The van der Waals surface area contributed by atoms with Gasteiger partial charge in [0.25, 0.3) is 0 Å². The lowest BCUT2D eigenvalue weighted by molar-refractivity contribution is 0.216. The van der Waals surface area contributed by atoms with Gasteiger partial charge in [-0.15, -0.1) is 5.10 Å². The van der Waals surface area contributed by atoms with Crippen molar-refractivity contribution >= 4 is 21.6 Å². The van der Waals surface area contributed by atoms with Crippen LogP contribution in [0.1, 0.15) is 25.1 Å². The summed E-state index contributed by atoms with van der Waals surface area (Å²) in [7, 11) is 0. The van der Waals surface area contributed by atoms with E-state index < -0.39 is 0 Å². The molecule has 0 amide bonds. The molecule has 3 heterocycles. The molecule has 2 aromatic heterocycles. The van der Waals surface area contributed by atoms with E-state index in [1.807, 2.05) is 22.7 Å². The summed E-state index contributed by atoms with van der Waals surface area (Å²) in [6.07, 6.45) is 3.97. The second-order valence-corrected chi connectivity index (χ2v) is 5.30. The van der Waals surface area contributed by atoms with Crippen LogP contribution in [0.5, 0.6) is 0 Å². The third-order valence-corrected chi connectivity index (χ3v) is 3.77. The van der Waals surface area contributed by atoms with Crippen molar-refractivity contribution in [3.63, 3.8) is 0 Å². The Hall–Kier alpha value is -0.940. The van der Waals surface area contributed by atoms with Crippen LogP contribution in [0.2, 0.25) is 0 Å². The number of rotatable bonds is 2. The number of pyridine rings is 1. The Balaban J connectivity index is 1.83. The fraction of sp³-hybridized carbons (Fsp3) is 0.500. The van der Waals surface area contributed by atoms with E-state index in [2.05, 4.69) is 30.9 Å². The molecule has 0 atom stereocenters. The molecule has 0 aromatic carbocycles. The van der Waals surface area contributed by atoms with E-state index in [-0.39, 0.29) is 0 Å². The molecule has 0 bridgehead atoms. The van der Waals surface area contributed by atoms with Crippen molar-refractivity contribution in [2.24, 2.45) is 0 Å².